The number of rotatable bonds is 6. The molecule has 0 saturated carbocycles. The zero-order valence-corrected chi connectivity index (χ0v) is 14.1. The number of benzene rings is 1. The molecule has 1 N–H and O–H groups in total. The summed E-state index contributed by atoms with van der Waals surface area (Å²) in [5.74, 6) is -2.38. The molecule has 0 saturated heterocycles. The van der Waals surface area contributed by atoms with Crippen molar-refractivity contribution in [2.45, 2.75) is 32.7 Å². The lowest BCUT2D eigenvalue weighted by Crippen LogP contribution is -2.56. The van der Waals surface area contributed by atoms with Gasteiger partial charge in [-0.1, -0.05) is 42.1 Å². The number of thioether (sulfide) groups is 1. The second-order valence-electron chi connectivity index (χ2n) is 5.20. The van der Waals surface area contributed by atoms with Gasteiger partial charge in [0.25, 0.3) is 0 Å². The molecular formula is C16H19NO5S. The fraction of sp³-hybridized carbons (Fsp3) is 0.375. The number of hydrogen-bond acceptors (Lipinski definition) is 5. The van der Waals surface area contributed by atoms with Crippen LogP contribution < -0.4 is 0 Å². The van der Waals surface area contributed by atoms with Gasteiger partial charge in [-0.15, -0.1) is 0 Å². The first kappa shape index (κ1) is 18.9. The zero-order valence-electron chi connectivity index (χ0n) is 13.2. The fourth-order valence-electron chi connectivity index (χ4n) is 2.23. The van der Waals surface area contributed by atoms with E-state index in [-0.39, 0.29) is 17.3 Å². The Morgan fingerprint density at radius 2 is 1.61 bits per heavy atom. The molecule has 0 fully saturated rings. The predicted molar refractivity (Wildman–Crippen MR) is 87.1 cm³/mol. The molecule has 0 aromatic heterocycles. The van der Waals surface area contributed by atoms with E-state index in [1.54, 1.807) is 30.3 Å². The van der Waals surface area contributed by atoms with E-state index < -0.39 is 23.3 Å². The monoisotopic (exact) mass is 337 g/mol. The van der Waals surface area contributed by atoms with Crippen LogP contribution in [0, 0.1) is 0 Å². The molecule has 0 aliphatic heterocycles. The second-order valence-corrected chi connectivity index (χ2v) is 6.27. The molecular weight excluding hydrogens is 318 g/mol. The van der Waals surface area contributed by atoms with E-state index in [0.29, 0.717) is 5.56 Å². The zero-order chi connectivity index (χ0) is 17.6. The van der Waals surface area contributed by atoms with Crippen LogP contribution in [-0.4, -0.2) is 44.2 Å². The van der Waals surface area contributed by atoms with Crippen molar-refractivity contribution in [2.75, 3.05) is 5.75 Å². The number of hydrogen-bond donors (Lipinski definition) is 1. The molecule has 23 heavy (non-hydrogen) atoms. The van der Waals surface area contributed by atoms with Gasteiger partial charge >= 0.3 is 5.97 Å². The van der Waals surface area contributed by atoms with Gasteiger partial charge in [-0.05, 0) is 13.3 Å². The van der Waals surface area contributed by atoms with Crippen LogP contribution in [0.1, 0.15) is 37.6 Å². The normalized spacial score (nSPS) is 13.0. The third-order valence-electron chi connectivity index (χ3n) is 3.42. The van der Waals surface area contributed by atoms with Gasteiger partial charge in [0.1, 0.15) is 5.54 Å². The third-order valence-corrected chi connectivity index (χ3v) is 4.32. The summed E-state index contributed by atoms with van der Waals surface area (Å²) in [7, 11) is 0. The first-order chi connectivity index (χ1) is 10.7. The Morgan fingerprint density at radius 1 is 1.09 bits per heavy atom. The van der Waals surface area contributed by atoms with Gasteiger partial charge in [-0.3, -0.25) is 19.3 Å². The smallest absolute Gasteiger partial charge is 0.329 e. The first-order valence-corrected chi connectivity index (χ1v) is 7.95. The molecule has 2 amide bonds. The summed E-state index contributed by atoms with van der Waals surface area (Å²) in [6, 6.07) is 8.61. The van der Waals surface area contributed by atoms with Gasteiger partial charge in [-0.2, -0.15) is 0 Å². The van der Waals surface area contributed by atoms with Crippen LogP contribution in [0.3, 0.4) is 0 Å². The van der Waals surface area contributed by atoms with Crippen molar-refractivity contribution in [1.29, 1.82) is 0 Å². The van der Waals surface area contributed by atoms with Crippen LogP contribution in [0.25, 0.3) is 0 Å². The van der Waals surface area contributed by atoms with E-state index in [9.17, 15) is 24.3 Å². The highest BCUT2D eigenvalue weighted by atomic mass is 32.2. The molecule has 0 bridgehead atoms. The van der Waals surface area contributed by atoms with Gasteiger partial charge in [0.05, 0.1) is 0 Å². The number of carboxylic acid groups (broad SMARTS) is 1. The van der Waals surface area contributed by atoms with Crippen molar-refractivity contribution < 1.29 is 24.3 Å². The Kier molecular flexibility index (Phi) is 6.50. The molecule has 0 aliphatic rings. The van der Waals surface area contributed by atoms with Gasteiger partial charge in [0.2, 0.25) is 16.9 Å². The number of carboxylic acids is 1. The highest BCUT2D eigenvalue weighted by Crippen LogP contribution is 2.24. The summed E-state index contributed by atoms with van der Waals surface area (Å²) >= 11 is 0.963. The third kappa shape index (κ3) is 4.66. The quantitative estimate of drug-likeness (QED) is 0.855. The number of imide groups is 1. The van der Waals surface area contributed by atoms with Crippen molar-refractivity contribution in [3.8, 4) is 0 Å². The fourth-order valence-corrected chi connectivity index (χ4v) is 3.22. The number of carbonyl (C=O) groups is 4. The first-order valence-electron chi connectivity index (χ1n) is 6.97. The molecule has 6 nitrogen and oxygen atoms in total. The average molecular weight is 337 g/mol. The summed E-state index contributed by atoms with van der Waals surface area (Å²) in [6.45, 7) is 3.60. The average Bonchev–Trinajstić information content (AvgIpc) is 2.47. The second kappa shape index (κ2) is 7.92. The Morgan fingerprint density at radius 3 is 2.04 bits per heavy atom. The molecule has 1 atom stereocenters. The van der Waals surface area contributed by atoms with Crippen LogP contribution in [0.15, 0.2) is 30.3 Å². The Labute approximate surface area is 138 Å². The lowest BCUT2D eigenvalue weighted by molar-refractivity contribution is -0.164. The lowest BCUT2D eigenvalue weighted by Gasteiger charge is -2.34. The number of aliphatic carboxylic acids is 1. The minimum atomic E-state index is -1.68. The number of carbonyl (C=O) groups excluding carboxylic acids is 3. The molecule has 1 aromatic rings. The molecule has 0 heterocycles. The van der Waals surface area contributed by atoms with E-state index in [4.69, 9.17) is 0 Å². The molecule has 124 valence electrons. The molecule has 0 aliphatic carbocycles. The van der Waals surface area contributed by atoms with Gasteiger partial charge < -0.3 is 5.11 Å². The molecule has 0 spiro atoms. The van der Waals surface area contributed by atoms with Crippen molar-refractivity contribution in [2.24, 2.45) is 0 Å². The van der Waals surface area contributed by atoms with Crippen molar-refractivity contribution in [3.63, 3.8) is 0 Å². The van der Waals surface area contributed by atoms with E-state index in [0.717, 1.165) is 30.5 Å². The summed E-state index contributed by atoms with van der Waals surface area (Å²) < 4.78 is 0. The largest absolute Gasteiger partial charge is 0.479 e. The SMILES string of the molecule is CC(=O)N(C(C)=O)[C@@](C)(CCSC(=O)c1ccccc1)C(=O)O. The van der Waals surface area contributed by atoms with Crippen molar-refractivity contribution >= 4 is 34.7 Å². The molecule has 0 unspecified atom stereocenters. The Hall–Kier alpha value is -2.15. The van der Waals surface area contributed by atoms with Crippen LogP contribution in [-0.2, 0) is 14.4 Å². The summed E-state index contributed by atoms with van der Waals surface area (Å²) in [5.41, 5.74) is -1.16. The topological polar surface area (TPSA) is 91.8 Å². The maximum atomic E-state index is 12.0. The minimum Gasteiger partial charge on any atom is -0.479 e. The summed E-state index contributed by atoms with van der Waals surface area (Å²) in [5, 5.41) is 9.26. The highest BCUT2D eigenvalue weighted by Gasteiger charge is 2.43. The number of amides is 2. The maximum Gasteiger partial charge on any atom is 0.329 e. The lowest BCUT2D eigenvalue weighted by atomic mass is 9.96. The standard InChI is InChI=1S/C16H19NO5S/c1-11(18)17(12(2)19)16(3,15(21)22)9-10-23-14(20)13-7-5-4-6-8-13/h4-8H,9-10H2,1-3H3,(H,21,22)/t16-/m0/s1. The van der Waals surface area contributed by atoms with Crippen LogP contribution in [0.2, 0.25) is 0 Å². The molecule has 0 radical (unpaired) electrons. The van der Waals surface area contributed by atoms with Crippen molar-refractivity contribution in [1.82, 2.24) is 4.90 Å². The van der Waals surface area contributed by atoms with E-state index in [2.05, 4.69) is 0 Å². The molecule has 1 rings (SSSR count). The van der Waals surface area contributed by atoms with E-state index in [1.165, 1.54) is 6.92 Å². The van der Waals surface area contributed by atoms with Crippen LogP contribution in [0.5, 0.6) is 0 Å². The van der Waals surface area contributed by atoms with Gasteiger partial charge in [0.15, 0.2) is 0 Å². The Bertz CT molecular complexity index is 602. The van der Waals surface area contributed by atoms with Gasteiger partial charge in [-0.25, -0.2) is 4.79 Å². The highest BCUT2D eigenvalue weighted by molar-refractivity contribution is 8.14. The minimum absolute atomic E-state index is 0.0231. The van der Waals surface area contributed by atoms with E-state index >= 15 is 0 Å². The summed E-state index contributed by atoms with van der Waals surface area (Å²) in [4.78, 5) is 47.6. The molecule has 1 aromatic carbocycles. The van der Waals surface area contributed by atoms with Crippen LogP contribution >= 0.6 is 11.8 Å². The van der Waals surface area contributed by atoms with E-state index in [1.807, 2.05) is 0 Å². The van der Waals surface area contributed by atoms with Crippen molar-refractivity contribution in [3.05, 3.63) is 35.9 Å². The summed E-state index contributed by atoms with van der Waals surface area (Å²) in [6.07, 6.45) is -0.0231. The maximum absolute atomic E-state index is 12.0. The number of nitrogens with zero attached hydrogens (tertiary/aromatic N) is 1. The Balaban J connectivity index is 2.81. The van der Waals surface area contributed by atoms with Crippen LogP contribution in [0.4, 0.5) is 0 Å². The molecule has 7 heteroatoms. The predicted octanol–water partition coefficient (Wildman–Crippen LogP) is 2.19. The van der Waals surface area contributed by atoms with Gasteiger partial charge in [0, 0.05) is 25.2 Å².